The topological polar surface area (TPSA) is 59.5 Å². The molecule has 0 N–H and O–H groups in total. The lowest BCUT2D eigenvalue weighted by Crippen LogP contribution is -2.26. The summed E-state index contributed by atoms with van der Waals surface area (Å²) in [5, 5.41) is 0. The highest BCUT2D eigenvalue weighted by atomic mass is 79.9. The van der Waals surface area contributed by atoms with Crippen LogP contribution in [-0.2, 0) is 16.6 Å². The van der Waals surface area contributed by atoms with Gasteiger partial charge in [-0.2, -0.15) is 4.31 Å². The smallest absolute Gasteiger partial charge is 0.243 e. The number of halogens is 1. The number of hydrogen-bond acceptors (Lipinski definition) is 4. The van der Waals surface area contributed by atoms with E-state index in [9.17, 15) is 8.42 Å². The zero-order chi connectivity index (χ0) is 15.5. The molecular formula is C14H15BrN2O3S. The number of ether oxygens (including phenoxy) is 1. The molecule has 0 amide bonds. The minimum Gasteiger partial charge on any atom is -0.496 e. The van der Waals surface area contributed by atoms with E-state index in [4.69, 9.17) is 4.74 Å². The Morgan fingerprint density at radius 3 is 2.48 bits per heavy atom. The third-order valence-corrected chi connectivity index (χ3v) is 5.41. The van der Waals surface area contributed by atoms with E-state index >= 15 is 0 Å². The summed E-state index contributed by atoms with van der Waals surface area (Å²) < 4.78 is 32.1. The van der Waals surface area contributed by atoms with Gasteiger partial charge in [-0.05, 0) is 51.8 Å². The first kappa shape index (κ1) is 15.9. The third-order valence-electron chi connectivity index (χ3n) is 2.99. The third kappa shape index (κ3) is 3.61. The van der Waals surface area contributed by atoms with Gasteiger partial charge in [-0.1, -0.05) is 0 Å². The van der Waals surface area contributed by atoms with Crippen molar-refractivity contribution in [1.29, 1.82) is 0 Å². The Labute approximate surface area is 132 Å². The van der Waals surface area contributed by atoms with E-state index in [1.807, 2.05) is 0 Å². The Morgan fingerprint density at radius 2 is 1.90 bits per heavy atom. The Hall–Kier alpha value is -1.44. The second-order valence-corrected chi connectivity index (χ2v) is 7.31. The quantitative estimate of drug-likeness (QED) is 0.811. The molecular weight excluding hydrogens is 356 g/mol. The van der Waals surface area contributed by atoms with E-state index in [2.05, 4.69) is 20.9 Å². The first-order chi connectivity index (χ1) is 9.95. The molecule has 1 heterocycles. The Bertz CT molecular complexity index is 720. The molecule has 0 aliphatic rings. The summed E-state index contributed by atoms with van der Waals surface area (Å²) in [7, 11) is -0.476. The van der Waals surface area contributed by atoms with E-state index in [0.29, 0.717) is 10.2 Å². The number of rotatable bonds is 5. The van der Waals surface area contributed by atoms with Crippen molar-refractivity contribution in [3.63, 3.8) is 0 Å². The van der Waals surface area contributed by atoms with Crippen LogP contribution in [0.4, 0.5) is 0 Å². The molecule has 0 unspecified atom stereocenters. The van der Waals surface area contributed by atoms with Crippen molar-refractivity contribution in [2.75, 3.05) is 14.2 Å². The van der Waals surface area contributed by atoms with Crippen LogP contribution < -0.4 is 4.74 Å². The van der Waals surface area contributed by atoms with Gasteiger partial charge in [0.05, 0.1) is 16.5 Å². The predicted octanol–water partition coefficient (Wildman–Crippen LogP) is 2.67. The van der Waals surface area contributed by atoms with Gasteiger partial charge in [0.1, 0.15) is 5.75 Å². The van der Waals surface area contributed by atoms with Gasteiger partial charge >= 0.3 is 0 Å². The maximum atomic E-state index is 12.5. The van der Waals surface area contributed by atoms with Gasteiger partial charge in [-0.15, -0.1) is 0 Å². The normalized spacial score (nSPS) is 11.6. The van der Waals surface area contributed by atoms with Crippen molar-refractivity contribution in [3.8, 4) is 5.75 Å². The van der Waals surface area contributed by atoms with Gasteiger partial charge in [0.25, 0.3) is 0 Å². The van der Waals surface area contributed by atoms with Gasteiger partial charge in [0.2, 0.25) is 10.0 Å². The van der Waals surface area contributed by atoms with E-state index < -0.39 is 10.0 Å². The monoisotopic (exact) mass is 370 g/mol. The van der Waals surface area contributed by atoms with E-state index in [1.165, 1.54) is 23.5 Å². The van der Waals surface area contributed by atoms with Crippen molar-refractivity contribution >= 4 is 26.0 Å². The zero-order valence-corrected chi connectivity index (χ0v) is 14.1. The number of nitrogens with zero attached hydrogens (tertiary/aromatic N) is 2. The maximum Gasteiger partial charge on any atom is 0.243 e. The molecule has 2 aromatic rings. The molecule has 0 saturated heterocycles. The second kappa shape index (κ2) is 6.55. The fourth-order valence-electron chi connectivity index (χ4n) is 1.82. The number of benzene rings is 1. The summed E-state index contributed by atoms with van der Waals surface area (Å²) >= 11 is 3.30. The van der Waals surface area contributed by atoms with E-state index in [1.54, 1.807) is 37.6 Å². The molecule has 0 fully saturated rings. The van der Waals surface area contributed by atoms with Crippen molar-refractivity contribution in [3.05, 3.63) is 52.8 Å². The number of aromatic nitrogens is 1. The molecule has 0 aliphatic heterocycles. The fourth-order valence-corrected chi connectivity index (χ4v) is 3.70. The van der Waals surface area contributed by atoms with Crippen LogP contribution in [0, 0.1) is 0 Å². The first-order valence-electron chi connectivity index (χ1n) is 6.14. The van der Waals surface area contributed by atoms with Crippen LogP contribution in [0.25, 0.3) is 0 Å². The average Bonchev–Trinajstić information content (AvgIpc) is 2.48. The molecule has 2 rings (SSSR count). The lowest BCUT2D eigenvalue weighted by molar-refractivity contribution is 0.411. The molecule has 21 heavy (non-hydrogen) atoms. The molecule has 0 aliphatic carbocycles. The lowest BCUT2D eigenvalue weighted by Gasteiger charge is -2.17. The highest BCUT2D eigenvalue weighted by Crippen LogP contribution is 2.28. The highest BCUT2D eigenvalue weighted by molar-refractivity contribution is 9.10. The molecule has 0 saturated carbocycles. The maximum absolute atomic E-state index is 12.5. The number of pyridine rings is 1. The Morgan fingerprint density at radius 1 is 1.24 bits per heavy atom. The summed E-state index contributed by atoms with van der Waals surface area (Å²) in [6.45, 7) is 0.286. The zero-order valence-electron chi connectivity index (χ0n) is 11.7. The summed E-state index contributed by atoms with van der Waals surface area (Å²) in [4.78, 5) is 4.13. The molecule has 5 nitrogen and oxygen atoms in total. The second-order valence-electron chi connectivity index (χ2n) is 4.41. The summed E-state index contributed by atoms with van der Waals surface area (Å²) in [6, 6.07) is 8.27. The molecule has 1 aromatic heterocycles. The van der Waals surface area contributed by atoms with Crippen molar-refractivity contribution < 1.29 is 13.2 Å². The standard InChI is InChI=1S/C14H15BrN2O3S/c1-17(10-11-5-7-16-8-6-11)21(18,19)12-3-4-14(20-2)13(15)9-12/h3-9H,10H2,1-2H3. The van der Waals surface area contributed by atoms with Crippen molar-refractivity contribution in [2.24, 2.45) is 0 Å². The molecule has 1 aromatic carbocycles. The SMILES string of the molecule is COc1ccc(S(=O)(=O)N(C)Cc2ccncc2)cc1Br. The van der Waals surface area contributed by atoms with E-state index in [-0.39, 0.29) is 11.4 Å². The number of methoxy groups -OCH3 is 1. The van der Waals surface area contributed by atoms with Crippen molar-refractivity contribution in [1.82, 2.24) is 9.29 Å². The van der Waals surface area contributed by atoms with Gasteiger partial charge in [-0.3, -0.25) is 4.98 Å². The number of sulfonamides is 1. The minimum absolute atomic E-state index is 0.215. The van der Waals surface area contributed by atoms with Crippen LogP contribution in [0.15, 0.2) is 52.1 Å². The lowest BCUT2D eigenvalue weighted by atomic mass is 10.3. The summed E-state index contributed by atoms with van der Waals surface area (Å²) in [5.41, 5.74) is 0.878. The van der Waals surface area contributed by atoms with Gasteiger partial charge in [0.15, 0.2) is 0 Å². The van der Waals surface area contributed by atoms with Gasteiger partial charge < -0.3 is 4.74 Å². The summed E-state index contributed by atoms with van der Waals surface area (Å²) in [6.07, 6.45) is 3.28. The molecule has 0 radical (unpaired) electrons. The molecule has 112 valence electrons. The fraction of sp³-hybridized carbons (Fsp3) is 0.214. The van der Waals surface area contributed by atoms with Crippen LogP contribution in [0.2, 0.25) is 0 Å². The average molecular weight is 371 g/mol. The van der Waals surface area contributed by atoms with E-state index in [0.717, 1.165) is 5.56 Å². The summed E-state index contributed by atoms with van der Waals surface area (Å²) in [5.74, 6) is 0.589. The van der Waals surface area contributed by atoms with Gasteiger partial charge in [-0.25, -0.2) is 8.42 Å². The Kier molecular flexibility index (Phi) is 4.97. The van der Waals surface area contributed by atoms with Crippen LogP contribution in [0.3, 0.4) is 0 Å². The molecule has 0 spiro atoms. The van der Waals surface area contributed by atoms with Crippen LogP contribution in [0.1, 0.15) is 5.56 Å². The van der Waals surface area contributed by atoms with Gasteiger partial charge in [0, 0.05) is 26.0 Å². The van der Waals surface area contributed by atoms with Crippen LogP contribution in [0.5, 0.6) is 5.75 Å². The minimum atomic E-state index is -3.56. The first-order valence-corrected chi connectivity index (χ1v) is 8.37. The van der Waals surface area contributed by atoms with Crippen LogP contribution in [-0.4, -0.2) is 31.9 Å². The number of hydrogen-bond donors (Lipinski definition) is 0. The highest BCUT2D eigenvalue weighted by Gasteiger charge is 2.21. The molecule has 0 bridgehead atoms. The molecule has 7 heteroatoms. The molecule has 0 atom stereocenters. The largest absolute Gasteiger partial charge is 0.496 e. The van der Waals surface area contributed by atoms with Crippen LogP contribution >= 0.6 is 15.9 Å². The van der Waals surface area contributed by atoms with Crippen molar-refractivity contribution in [2.45, 2.75) is 11.4 Å². The predicted molar refractivity (Wildman–Crippen MR) is 83.6 cm³/mol. The Balaban J connectivity index is 2.27.